The molecule has 0 aliphatic carbocycles. The Labute approximate surface area is 166 Å². The van der Waals surface area contributed by atoms with Crippen LogP contribution >= 0.6 is 11.3 Å². The van der Waals surface area contributed by atoms with Crippen LogP contribution in [0, 0.1) is 11.7 Å². The lowest BCUT2D eigenvalue weighted by atomic mass is 9.78. The Morgan fingerprint density at radius 2 is 2.18 bits per heavy atom. The smallest absolute Gasteiger partial charge is 0.324 e. The number of hydrogen-bond acceptors (Lipinski definition) is 6. The first kappa shape index (κ1) is 18.8. The van der Waals surface area contributed by atoms with E-state index in [4.69, 9.17) is 0 Å². The number of thiophene rings is 1. The highest BCUT2D eigenvalue weighted by Gasteiger charge is 2.47. The van der Waals surface area contributed by atoms with Crippen LogP contribution in [0.3, 0.4) is 0 Å². The zero-order valence-electron chi connectivity index (χ0n) is 15.4. The fourth-order valence-corrected chi connectivity index (χ4v) is 4.47. The number of aromatic nitrogens is 2. The number of piperidine rings is 1. The van der Waals surface area contributed by atoms with E-state index in [0.29, 0.717) is 32.0 Å². The van der Waals surface area contributed by atoms with Crippen LogP contribution in [-0.4, -0.2) is 39.7 Å². The van der Waals surface area contributed by atoms with Gasteiger partial charge in [-0.1, -0.05) is 19.1 Å². The molecule has 8 heteroatoms. The van der Waals surface area contributed by atoms with Crippen molar-refractivity contribution in [2.45, 2.75) is 25.4 Å². The summed E-state index contributed by atoms with van der Waals surface area (Å²) in [4.78, 5) is 24.2. The number of nitrogens with one attached hydrogen (secondary N) is 1. The molecule has 1 aromatic carbocycles. The van der Waals surface area contributed by atoms with Crippen molar-refractivity contribution in [3.05, 3.63) is 53.3 Å². The molecule has 0 amide bonds. The van der Waals surface area contributed by atoms with Crippen LogP contribution in [0.25, 0.3) is 10.2 Å². The average molecular weight is 400 g/mol. The van der Waals surface area contributed by atoms with Gasteiger partial charge in [-0.2, -0.15) is 0 Å². The third kappa shape index (κ3) is 3.45. The second-order valence-electron chi connectivity index (χ2n) is 7.20. The lowest BCUT2D eigenvalue weighted by Crippen LogP contribution is -2.63. The van der Waals surface area contributed by atoms with Crippen molar-refractivity contribution < 1.29 is 14.3 Å². The Morgan fingerprint density at radius 3 is 2.89 bits per heavy atom. The van der Waals surface area contributed by atoms with E-state index in [1.807, 2.05) is 29.5 Å². The Bertz CT molecular complexity index is 993. The molecule has 3 heterocycles. The molecule has 2 N–H and O–H groups in total. The maximum atomic E-state index is 13.1. The van der Waals surface area contributed by atoms with Gasteiger partial charge in [0.15, 0.2) is 0 Å². The van der Waals surface area contributed by atoms with Crippen molar-refractivity contribution in [2.75, 3.05) is 18.0 Å². The van der Waals surface area contributed by atoms with Crippen LogP contribution in [0.5, 0.6) is 0 Å². The number of nitrogens with zero attached hydrogens (tertiary/aromatic N) is 3. The molecule has 28 heavy (non-hydrogen) atoms. The molecular formula is C20H21FN4O2S. The highest BCUT2D eigenvalue weighted by Crippen LogP contribution is 2.31. The SMILES string of the molecule is CC1CN(c2ncc3ccsc3n2)CCC1(NCc1ccc(F)cc1)C(=O)O. The highest BCUT2D eigenvalue weighted by molar-refractivity contribution is 7.16. The largest absolute Gasteiger partial charge is 0.480 e. The summed E-state index contributed by atoms with van der Waals surface area (Å²) < 4.78 is 13.1. The van der Waals surface area contributed by atoms with Crippen LogP contribution in [0.2, 0.25) is 0 Å². The standard InChI is InChI=1S/C20H21FN4O2S/c1-13-12-25(19-22-11-15-6-9-28-17(15)24-19)8-7-20(13,18(26)27)23-10-14-2-4-16(21)5-3-14/h2-6,9,11,13,23H,7-8,10,12H2,1H3,(H,26,27). The fraction of sp³-hybridized carbons (Fsp3) is 0.350. The molecule has 1 aliphatic heterocycles. The molecule has 1 fully saturated rings. The van der Waals surface area contributed by atoms with Crippen LogP contribution < -0.4 is 10.2 Å². The monoisotopic (exact) mass is 400 g/mol. The minimum absolute atomic E-state index is 0.165. The number of carboxylic acid groups (broad SMARTS) is 1. The minimum atomic E-state index is -1.04. The third-order valence-corrected chi connectivity index (χ3v) is 6.31. The quantitative estimate of drug-likeness (QED) is 0.684. The number of anilines is 1. The molecule has 0 saturated carbocycles. The van der Waals surface area contributed by atoms with Crippen LogP contribution in [0.1, 0.15) is 18.9 Å². The van der Waals surface area contributed by atoms with Gasteiger partial charge in [0.05, 0.1) is 0 Å². The molecule has 6 nitrogen and oxygen atoms in total. The summed E-state index contributed by atoms with van der Waals surface area (Å²) in [7, 11) is 0. The number of carbonyl (C=O) groups is 1. The Balaban J connectivity index is 1.50. The number of aliphatic carboxylic acids is 1. The van der Waals surface area contributed by atoms with E-state index in [1.165, 1.54) is 12.1 Å². The number of rotatable bonds is 5. The van der Waals surface area contributed by atoms with E-state index in [2.05, 4.69) is 15.3 Å². The van der Waals surface area contributed by atoms with Crippen molar-refractivity contribution in [1.82, 2.24) is 15.3 Å². The number of fused-ring (bicyclic) bond motifs is 1. The molecule has 2 atom stereocenters. The molecule has 2 aromatic heterocycles. The molecule has 0 radical (unpaired) electrons. The number of benzene rings is 1. The molecule has 1 aliphatic rings. The second-order valence-corrected chi connectivity index (χ2v) is 8.10. The topological polar surface area (TPSA) is 78.4 Å². The molecular weight excluding hydrogens is 379 g/mol. The summed E-state index contributed by atoms with van der Waals surface area (Å²) in [6, 6.07) is 8.09. The van der Waals surface area contributed by atoms with Gasteiger partial charge in [0, 0.05) is 37.1 Å². The van der Waals surface area contributed by atoms with Crippen LogP contribution in [0.15, 0.2) is 41.9 Å². The summed E-state index contributed by atoms with van der Waals surface area (Å²) in [5, 5.41) is 16.2. The molecule has 1 saturated heterocycles. The van der Waals surface area contributed by atoms with E-state index >= 15 is 0 Å². The van der Waals surface area contributed by atoms with Gasteiger partial charge in [-0.05, 0) is 35.6 Å². The number of hydrogen-bond donors (Lipinski definition) is 2. The van der Waals surface area contributed by atoms with Gasteiger partial charge in [-0.15, -0.1) is 11.3 Å². The molecule has 4 rings (SSSR count). The Hall–Kier alpha value is -2.58. The van der Waals surface area contributed by atoms with Gasteiger partial charge < -0.3 is 10.0 Å². The molecule has 0 spiro atoms. The molecule has 0 bridgehead atoms. The second kappa shape index (κ2) is 7.44. The lowest BCUT2D eigenvalue weighted by Gasteiger charge is -2.44. The summed E-state index contributed by atoms with van der Waals surface area (Å²) in [5.41, 5.74) is -0.194. The van der Waals surface area contributed by atoms with Gasteiger partial charge in [-0.25, -0.2) is 14.4 Å². The normalized spacial score (nSPS) is 22.5. The Morgan fingerprint density at radius 1 is 1.39 bits per heavy atom. The zero-order chi connectivity index (χ0) is 19.7. The first-order valence-corrected chi connectivity index (χ1v) is 10.0. The predicted octanol–water partition coefficient (Wildman–Crippen LogP) is 3.29. The highest BCUT2D eigenvalue weighted by atomic mass is 32.1. The lowest BCUT2D eigenvalue weighted by molar-refractivity contribution is -0.148. The van der Waals surface area contributed by atoms with Gasteiger partial charge >= 0.3 is 5.97 Å². The molecule has 146 valence electrons. The molecule has 2 unspecified atom stereocenters. The first-order chi connectivity index (χ1) is 13.5. The van der Waals surface area contributed by atoms with Gasteiger partial charge in [-0.3, -0.25) is 10.1 Å². The van der Waals surface area contributed by atoms with E-state index in [0.717, 1.165) is 15.8 Å². The summed E-state index contributed by atoms with van der Waals surface area (Å²) in [6.45, 7) is 3.39. The number of carboxylic acids is 1. The maximum absolute atomic E-state index is 13.1. The van der Waals surface area contributed by atoms with Crippen molar-refractivity contribution in [1.29, 1.82) is 0 Å². The van der Waals surface area contributed by atoms with E-state index < -0.39 is 11.5 Å². The first-order valence-electron chi connectivity index (χ1n) is 9.16. The average Bonchev–Trinajstić information content (AvgIpc) is 3.16. The van der Waals surface area contributed by atoms with E-state index in [9.17, 15) is 14.3 Å². The van der Waals surface area contributed by atoms with Crippen LogP contribution in [-0.2, 0) is 11.3 Å². The maximum Gasteiger partial charge on any atom is 0.324 e. The summed E-state index contributed by atoms with van der Waals surface area (Å²) >= 11 is 1.57. The predicted molar refractivity (Wildman–Crippen MR) is 107 cm³/mol. The Kier molecular flexibility index (Phi) is 4.99. The van der Waals surface area contributed by atoms with E-state index in [1.54, 1.807) is 23.5 Å². The van der Waals surface area contributed by atoms with Crippen molar-refractivity contribution in [3.63, 3.8) is 0 Å². The van der Waals surface area contributed by atoms with E-state index in [-0.39, 0.29) is 11.7 Å². The zero-order valence-corrected chi connectivity index (χ0v) is 16.2. The summed E-state index contributed by atoms with van der Waals surface area (Å²) in [5.74, 6) is -0.696. The van der Waals surface area contributed by atoms with Crippen LogP contribution in [0.4, 0.5) is 10.3 Å². The van der Waals surface area contributed by atoms with Crippen molar-refractivity contribution >= 4 is 33.5 Å². The molecule has 3 aromatic rings. The van der Waals surface area contributed by atoms with Gasteiger partial charge in [0.1, 0.15) is 16.2 Å². The van der Waals surface area contributed by atoms with Crippen molar-refractivity contribution in [3.8, 4) is 0 Å². The minimum Gasteiger partial charge on any atom is -0.480 e. The van der Waals surface area contributed by atoms with Gasteiger partial charge in [0.2, 0.25) is 5.95 Å². The third-order valence-electron chi connectivity index (χ3n) is 5.49. The van der Waals surface area contributed by atoms with Crippen molar-refractivity contribution in [2.24, 2.45) is 5.92 Å². The van der Waals surface area contributed by atoms with Gasteiger partial charge in [0.25, 0.3) is 0 Å². The number of halogens is 1. The fourth-order valence-electron chi connectivity index (χ4n) is 3.73. The summed E-state index contributed by atoms with van der Waals surface area (Å²) in [6.07, 6.45) is 2.24.